The molecule has 10 heteroatoms. The molecule has 7 nitrogen and oxygen atoms in total. The van der Waals surface area contributed by atoms with Gasteiger partial charge in [0.05, 0.1) is 19.9 Å². The number of hydrogen-bond acceptors (Lipinski definition) is 7. The number of amides is 1. The molecular formula is C20H24N2O5S3. The average Bonchev–Trinajstić information content (AvgIpc) is 3.13. The summed E-state index contributed by atoms with van der Waals surface area (Å²) in [6, 6.07) is 6.87. The van der Waals surface area contributed by atoms with Crippen LogP contribution in [0.2, 0.25) is 0 Å². The number of rotatable bonds is 7. The Morgan fingerprint density at radius 3 is 2.50 bits per heavy atom. The van der Waals surface area contributed by atoms with Crippen molar-refractivity contribution >= 4 is 50.8 Å². The topological polar surface area (TPSA) is 84.9 Å². The summed E-state index contributed by atoms with van der Waals surface area (Å²) in [5.74, 6) is 2.43. The van der Waals surface area contributed by atoms with Crippen LogP contribution in [0, 0.1) is 6.92 Å². The minimum atomic E-state index is -3.53. The molecule has 0 spiro atoms. The number of ether oxygens (including phenoxy) is 2. The summed E-state index contributed by atoms with van der Waals surface area (Å²) in [6.45, 7) is 2.82. The van der Waals surface area contributed by atoms with Gasteiger partial charge in [-0.2, -0.15) is 16.1 Å². The average molecular weight is 469 g/mol. The van der Waals surface area contributed by atoms with Crippen LogP contribution in [0.25, 0.3) is 6.08 Å². The van der Waals surface area contributed by atoms with Gasteiger partial charge in [-0.05, 0) is 36.8 Å². The lowest BCUT2D eigenvalue weighted by Gasteiger charge is -2.24. The number of anilines is 1. The minimum Gasteiger partial charge on any atom is -0.493 e. The molecule has 1 aliphatic heterocycles. The number of thioether (sulfide) groups is 1. The fourth-order valence-electron chi connectivity index (χ4n) is 2.92. The third kappa shape index (κ3) is 5.18. The molecule has 162 valence electrons. The molecule has 0 radical (unpaired) electrons. The van der Waals surface area contributed by atoms with Crippen LogP contribution < -0.4 is 14.8 Å². The van der Waals surface area contributed by atoms with Gasteiger partial charge in [0.25, 0.3) is 10.0 Å². The zero-order valence-corrected chi connectivity index (χ0v) is 19.5. The van der Waals surface area contributed by atoms with E-state index in [0.29, 0.717) is 30.3 Å². The normalized spacial score (nSPS) is 15.3. The molecule has 1 saturated heterocycles. The number of thiophene rings is 1. The second-order valence-corrected chi connectivity index (χ2v) is 11.1. The fourth-order valence-corrected chi connectivity index (χ4v) is 7.05. The van der Waals surface area contributed by atoms with Crippen molar-refractivity contribution < 1.29 is 22.7 Å². The van der Waals surface area contributed by atoms with Gasteiger partial charge in [0, 0.05) is 35.5 Å². The van der Waals surface area contributed by atoms with Gasteiger partial charge >= 0.3 is 0 Å². The first kappa shape index (κ1) is 22.7. The van der Waals surface area contributed by atoms with Gasteiger partial charge < -0.3 is 14.8 Å². The van der Waals surface area contributed by atoms with Gasteiger partial charge in [-0.3, -0.25) is 4.79 Å². The Hall–Kier alpha value is -2.01. The second kappa shape index (κ2) is 9.86. The highest BCUT2D eigenvalue weighted by Gasteiger charge is 2.28. The van der Waals surface area contributed by atoms with Crippen molar-refractivity contribution in [3.8, 4) is 11.5 Å². The number of aryl methyl sites for hydroxylation is 1. The SMILES string of the molecule is COc1ccc(/C=C/C(=O)Nc2cc(S(=O)(=O)N3CCSCC3)sc2C)cc1OC. The van der Waals surface area contributed by atoms with E-state index in [4.69, 9.17) is 9.47 Å². The van der Waals surface area contributed by atoms with E-state index in [1.165, 1.54) is 21.7 Å². The molecule has 1 amide bonds. The van der Waals surface area contributed by atoms with E-state index in [0.717, 1.165) is 21.9 Å². The highest BCUT2D eigenvalue weighted by Crippen LogP contribution is 2.33. The van der Waals surface area contributed by atoms with E-state index in [-0.39, 0.29) is 10.1 Å². The monoisotopic (exact) mass is 468 g/mol. The first-order chi connectivity index (χ1) is 14.3. The summed E-state index contributed by atoms with van der Waals surface area (Å²) in [6.07, 6.45) is 3.05. The van der Waals surface area contributed by atoms with E-state index in [9.17, 15) is 13.2 Å². The maximum atomic E-state index is 12.8. The largest absolute Gasteiger partial charge is 0.493 e. The number of methoxy groups -OCH3 is 2. The molecular weight excluding hydrogens is 444 g/mol. The van der Waals surface area contributed by atoms with Crippen molar-refractivity contribution in [2.75, 3.05) is 44.1 Å². The molecule has 1 fully saturated rings. The van der Waals surface area contributed by atoms with Crippen LogP contribution in [0.3, 0.4) is 0 Å². The molecule has 1 aromatic heterocycles. The summed E-state index contributed by atoms with van der Waals surface area (Å²) in [7, 11) is -0.420. The fraction of sp³-hybridized carbons (Fsp3) is 0.350. The van der Waals surface area contributed by atoms with E-state index in [2.05, 4.69) is 5.32 Å². The Kier molecular flexibility index (Phi) is 7.45. The van der Waals surface area contributed by atoms with Gasteiger partial charge in [0.2, 0.25) is 5.91 Å². The maximum Gasteiger partial charge on any atom is 0.252 e. The van der Waals surface area contributed by atoms with Crippen LogP contribution in [0.15, 0.2) is 34.6 Å². The third-order valence-corrected chi connectivity index (χ3v) is 8.89. The quantitative estimate of drug-likeness (QED) is 0.627. The van der Waals surface area contributed by atoms with Gasteiger partial charge in [-0.1, -0.05) is 6.07 Å². The van der Waals surface area contributed by atoms with Crippen LogP contribution in [0.4, 0.5) is 5.69 Å². The number of carbonyl (C=O) groups excluding carboxylic acids is 1. The molecule has 0 saturated carbocycles. The number of sulfonamides is 1. The number of carbonyl (C=O) groups is 1. The van der Waals surface area contributed by atoms with Crippen LogP contribution in [0.5, 0.6) is 11.5 Å². The molecule has 1 aliphatic rings. The van der Waals surface area contributed by atoms with Gasteiger partial charge in [-0.15, -0.1) is 11.3 Å². The van der Waals surface area contributed by atoms with Gasteiger partial charge in [0.15, 0.2) is 11.5 Å². The van der Waals surface area contributed by atoms with Crippen LogP contribution in [0.1, 0.15) is 10.4 Å². The van der Waals surface area contributed by atoms with Crippen molar-refractivity contribution in [3.63, 3.8) is 0 Å². The van der Waals surface area contributed by atoms with Crippen molar-refractivity contribution in [1.82, 2.24) is 4.31 Å². The molecule has 1 aromatic carbocycles. The molecule has 3 rings (SSSR count). The second-order valence-electron chi connectivity index (χ2n) is 6.49. The minimum absolute atomic E-state index is 0.256. The highest BCUT2D eigenvalue weighted by molar-refractivity contribution is 7.99. The molecule has 0 unspecified atom stereocenters. The Balaban J connectivity index is 1.71. The number of hydrogen-bond donors (Lipinski definition) is 1. The standard InChI is InChI=1S/C20H24N2O5S3/c1-14-16(13-20(29-14)30(24,25)22-8-10-28-11-9-22)21-19(23)7-5-15-4-6-17(26-2)18(12-15)27-3/h4-7,12-13H,8-11H2,1-3H3,(H,21,23)/b7-5+. The van der Waals surface area contributed by atoms with Crippen molar-refractivity contribution in [2.45, 2.75) is 11.1 Å². The lowest BCUT2D eigenvalue weighted by Crippen LogP contribution is -2.37. The Bertz CT molecular complexity index is 1040. The van der Waals surface area contributed by atoms with Crippen LogP contribution in [-0.4, -0.2) is 57.4 Å². The first-order valence-electron chi connectivity index (χ1n) is 9.24. The molecule has 1 N–H and O–H groups in total. The maximum absolute atomic E-state index is 12.8. The van der Waals surface area contributed by atoms with E-state index < -0.39 is 10.0 Å². The molecule has 0 aliphatic carbocycles. The zero-order chi connectivity index (χ0) is 21.7. The van der Waals surface area contributed by atoms with E-state index in [1.807, 2.05) is 6.07 Å². The smallest absolute Gasteiger partial charge is 0.252 e. The first-order valence-corrected chi connectivity index (χ1v) is 12.7. The zero-order valence-electron chi connectivity index (χ0n) is 17.0. The molecule has 0 bridgehead atoms. The van der Waals surface area contributed by atoms with Crippen molar-refractivity contribution in [1.29, 1.82) is 0 Å². The molecule has 0 atom stereocenters. The van der Waals surface area contributed by atoms with Gasteiger partial charge in [0.1, 0.15) is 4.21 Å². The predicted molar refractivity (Wildman–Crippen MR) is 122 cm³/mol. The summed E-state index contributed by atoms with van der Waals surface area (Å²) in [5.41, 5.74) is 1.28. The summed E-state index contributed by atoms with van der Waals surface area (Å²) in [5, 5.41) is 2.77. The molecule has 2 aromatic rings. The third-order valence-electron chi connectivity index (χ3n) is 4.55. The molecule has 2 heterocycles. The van der Waals surface area contributed by atoms with E-state index >= 15 is 0 Å². The Morgan fingerprint density at radius 2 is 1.83 bits per heavy atom. The number of nitrogens with one attached hydrogen (secondary N) is 1. The van der Waals surface area contributed by atoms with Crippen molar-refractivity contribution in [3.05, 3.63) is 40.8 Å². The van der Waals surface area contributed by atoms with Crippen LogP contribution >= 0.6 is 23.1 Å². The lowest BCUT2D eigenvalue weighted by molar-refractivity contribution is -0.111. The van der Waals surface area contributed by atoms with E-state index in [1.54, 1.807) is 57.2 Å². The molecule has 30 heavy (non-hydrogen) atoms. The number of nitrogens with zero attached hydrogens (tertiary/aromatic N) is 1. The number of benzene rings is 1. The summed E-state index contributed by atoms with van der Waals surface area (Å²) in [4.78, 5) is 13.1. The summed E-state index contributed by atoms with van der Waals surface area (Å²) >= 11 is 2.93. The van der Waals surface area contributed by atoms with Crippen LogP contribution in [-0.2, 0) is 14.8 Å². The highest BCUT2D eigenvalue weighted by atomic mass is 32.2. The summed E-state index contributed by atoms with van der Waals surface area (Å²) < 4.78 is 37.9. The lowest BCUT2D eigenvalue weighted by atomic mass is 10.2. The Labute approximate surface area is 185 Å². The Morgan fingerprint density at radius 1 is 1.13 bits per heavy atom. The predicted octanol–water partition coefficient (Wildman–Crippen LogP) is 3.46. The van der Waals surface area contributed by atoms with Crippen molar-refractivity contribution in [2.24, 2.45) is 0 Å². The van der Waals surface area contributed by atoms with Gasteiger partial charge in [-0.25, -0.2) is 8.42 Å².